The second-order valence-electron chi connectivity index (χ2n) is 6.20. The molecule has 23 heavy (non-hydrogen) atoms. The number of anilines is 1. The van der Waals surface area contributed by atoms with E-state index < -0.39 is 0 Å². The summed E-state index contributed by atoms with van der Waals surface area (Å²) in [7, 11) is 1.91. The number of hydrogen-bond acceptors (Lipinski definition) is 5. The van der Waals surface area contributed by atoms with Gasteiger partial charge in [-0.05, 0) is 26.7 Å². The fourth-order valence-electron chi connectivity index (χ4n) is 3.09. The Labute approximate surface area is 135 Å². The van der Waals surface area contributed by atoms with Gasteiger partial charge in [-0.1, -0.05) is 5.16 Å². The first-order valence-corrected chi connectivity index (χ1v) is 7.97. The Hall–Kier alpha value is -2.31. The van der Waals surface area contributed by atoms with E-state index in [1.54, 1.807) is 4.68 Å². The third kappa shape index (κ3) is 3.55. The van der Waals surface area contributed by atoms with Gasteiger partial charge in [0.05, 0.1) is 24.0 Å². The molecule has 1 saturated heterocycles. The minimum Gasteiger partial charge on any atom is -0.367 e. The van der Waals surface area contributed by atoms with Gasteiger partial charge >= 0.3 is 0 Å². The first-order valence-electron chi connectivity index (χ1n) is 7.97. The van der Waals surface area contributed by atoms with Gasteiger partial charge in [0.1, 0.15) is 5.76 Å². The van der Waals surface area contributed by atoms with Crippen molar-refractivity contribution in [3.63, 3.8) is 0 Å². The SMILES string of the molecule is Cc1noc(C)c1CC(=O)N[C@@H]1CCCN(c2cnn(C)c2)C1. The van der Waals surface area contributed by atoms with E-state index in [0.717, 1.165) is 48.6 Å². The lowest BCUT2D eigenvalue weighted by atomic mass is 10.0. The van der Waals surface area contributed by atoms with Crippen LogP contribution in [0.3, 0.4) is 0 Å². The molecular formula is C16H23N5O2. The van der Waals surface area contributed by atoms with Gasteiger partial charge < -0.3 is 14.7 Å². The van der Waals surface area contributed by atoms with E-state index in [4.69, 9.17) is 4.52 Å². The van der Waals surface area contributed by atoms with Gasteiger partial charge in [0.2, 0.25) is 5.91 Å². The molecule has 7 heteroatoms. The third-order valence-electron chi connectivity index (χ3n) is 4.36. The molecule has 0 saturated carbocycles. The van der Waals surface area contributed by atoms with Gasteiger partial charge in [0.25, 0.3) is 0 Å². The Morgan fingerprint density at radius 2 is 2.30 bits per heavy atom. The smallest absolute Gasteiger partial charge is 0.224 e. The molecule has 1 amide bonds. The molecule has 1 atom stereocenters. The van der Waals surface area contributed by atoms with Gasteiger partial charge in [-0.2, -0.15) is 5.10 Å². The number of aromatic nitrogens is 3. The molecule has 0 aromatic carbocycles. The number of carbonyl (C=O) groups is 1. The van der Waals surface area contributed by atoms with Crippen molar-refractivity contribution in [1.29, 1.82) is 0 Å². The molecule has 1 aliphatic heterocycles. The number of hydrogen-bond donors (Lipinski definition) is 1. The molecule has 1 aliphatic rings. The molecule has 1 N–H and O–H groups in total. The summed E-state index contributed by atoms with van der Waals surface area (Å²) in [6, 6.07) is 0.164. The minimum atomic E-state index is 0.0254. The van der Waals surface area contributed by atoms with Crippen LogP contribution in [0.25, 0.3) is 0 Å². The van der Waals surface area contributed by atoms with Crippen LogP contribution in [0.2, 0.25) is 0 Å². The molecule has 7 nitrogen and oxygen atoms in total. The lowest BCUT2D eigenvalue weighted by Gasteiger charge is -2.33. The molecule has 0 unspecified atom stereocenters. The van der Waals surface area contributed by atoms with Crippen molar-refractivity contribution in [2.24, 2.45) is 7.05 Å². The molecule has 0 radical (unpaired) electrons. The number of amides is 1. The van der Waals surface area contributed by atoms with Crippen LogP contribution < -0.4 is 10.2 Å². The van der Waals surface area contributed by atoms with E-state index in [1.165, 1.54) is 0 Å². The Bertz CT molecular complexity index is 671. The normalized spacial score (nSPS) is 18.2. The molecule has 1 fully saturated rings. The fraction of sp³-hybridized carbons (Fsp3) is 0.562. The first kappa shape index (κ1) is 15.6. The quantitative estimate of drug-likeness (QED) is 0.921. The molecular weight excluding hydrogens is 294 g/mol. The second-order valence-corrected chi connectivity index (χ2v) is 6.20. The zero-order chi connectivity index (χ0) is 16.4. The standard InChI is InChI=1S/C16H23N5O2/c1-11-15(12(2)23-19-11)7-16(22)18-13-5-4-6-21(9-13)14-8-17-20(3)10-14/h8,10,13H,4-7,9H2,1-3H3,(H,18,22)/t13-/m1/s1. The summed E-state index contributed by atoms with van der Waals surface area (Å²) >= 11 is 0. The van der Waals surface area contributed by atoms with Crippen molar-refractivity contribution in [1.82, 2.24) is 20.3 Å². The van der Waals surface area contributed by atoms with Crippen LogP contribution in [0.15, 0.2) is 16.9 Å². The van der Waals surface area contributed by atoms with Gasteiger partial charge in [0, 0.05) is 37.9 Å². The molecule has 0 spiro atoms. The van der Waals surface area contributed by atoms with Crippen LogP contribution >= 0.6 is 0 Å². The number of nitrogens with one attached hydrogen (secondary N) is 1. The number of aryl methyl sites for hydroxylation is 3. The molecule has 3 rings (SSSR count). The lowest BCUT2D eigenvalue weighted by molar-refractivity contribution is -0.121. The number of piperidine rings is 1. The highest BCUT2D eigenvalue weighted by Gasteiger charge is 2.23. The minimum absolute atomic E-state index is 0.0254. The average molecular weight is 317 g/mol. The maximum Gasteiger partial charge on any atom is 0.224 e. The van der Waals surface area contributed by atoms with Crippen LogP contribution in [0.4, 0.5) is 5.69 Å². The van der Waals surface area contributed by atoms with E-state index in [2.05, 4.69) is 20.5 Å². The predicted molar refractivity (Wildman–Crippen MR) is 86.3 cm³/mol. The third-order valence-corrected chi connectivity index (χ3v) is 4.36. The number of carbonyl (C=O) groups excluding carboxylic acids is 1. The summed E-state index contributed by atoms with van der Waals surface area (Å²) in [6.07, 6.45) is 6.27. The predicted octanol–water partition coefficient (Wildman–Crippen LogP) is 1.35. The zero-order valence-electron chi connectivity index (χ0n) is 13.9. The van der Waals surface area contributed by atoms with Crippen molar-refractivity contribution in [3.05, 3.63) is 29.4 Å². The van der Waals surface area contributed by atoms with Crippen molar-refractivity contribution in [2.75, 3.05) is 18.0 Å². The lowest BCUT2D eigenvalue weighted by Crippen LogP contribution is -2.48. The summed E-state index contributed by atoms with van der Waals surface area (Å²) < 4.78 is 6.92. The van der Waals surface area contributed by atoms with Gasteiger partial charge in [-0.15, -0.1) is 0 Å². The molecule has 124 valence electrons. The Balaban J connectivity index is 1.58. The van der Waals surface area contributed by atoms with Crippen LogP contribution in [-0.2, 0) is 18.3 Å². The largest absolute Gasteiger partial charge is 0.367 e. The van der Waals surface area contributed by atoms with Crippen LogP contribution in [0, 0.1) is 13.8 Å². The van der Waals surface area contributed by atoms with Crippen molar-refractivity contribution >= 4 is 11.6 Å². The van der Waals surface area contributed by atoms with Gasteiger partial charge in [-0.25, -0.2) is 0 Å². The maximum absolute atomic E-state index is 12.3. The van der Waals surface area contributed by atoms with Crippen LogP contribution in [0.5, 0.6) is 0 Å². The summed E-state index contributed by atoms with van der Waals surface area (Å²) in [4.78, 5) is 14.6. The summed E-state index contributed by atoms with van der Waals surface area (Å²) in [5.74, 6) is 0.746. The zero-order valence-corrected chi connectivity index (χ0v) is 13.9. The van der Waals surface area contributed by atoms with Crippen LogP contribution in [-0.4, -0.2) is 40.0 Å². The second kappa shape index (κ2) is 6.44. The molecule has 0 aliphatic carbocycles. The Kier molecular flexibility index (Phi) is 4.36. The average Bonchev–Trinajstić information content (AvgIpc) is 3.08. The molecule has 2 aromatic heterocycles. The van der Waals surface area contributed by atoms with Crippen molar-refractivity contribution in [3.8, 4) is 0 Å². The van der Waals surface area contributed by atoms with E-state index in [0.29, 0.717) is 6.42 Å². The highest BCUT2D eigenvalue weighted by atomic mass is 16.5. The topological polar surface area (TPSA) is 76.2 Å². The Morgan fingerprint density at radius 3 is 2.96 bits per heavy atom. The first-order chi connectivity index (χ1) is 11.0. The molecule has 0 bridgehead atoms. The number of rotatable bonds is 4. The molecule has 3 heterocycles. The summed E-state index contributed by atoms with van der Waals surface area (Å²) in [6.45, 7) is 5.53. The van der Waals surface area contributed by atoms with E-state index >= 15 is 0 Å². The summed E-state index contributed by atoms with van der Waals surface area (Å²) in [5, 5.41) is 11.3. The van der Waals surface area contributed by atoms with Gasteiger partial charge in [0.15, 0.2) is 0 Å². The highest BCUT2D eigenvalue weighted by Crippen LogP contribution is 2.19. The van der Waals surface area contributed by atoms with Crippen molar-refractivity contribution < 1.29 is 9.32 Å². The fourth-order valence-corrected chi connectivity index (χ4v) is 3.09. The van der Waals surface area contributed by atoms with E-state index in [9.17, 15) is 4.79 Å². The summed E-state index contributed by atoms with van der Waals surface area (Å²) in [5.41, 5.74) is 2.79. The Morgan fingerprint density at radius 1 is 1.48 bits per heavy atom. The van der Waals surface area contributed by atoms with E-state index in [1.807, 2.05) is 33.3 Å². The van der Waals surface area contributed by atoms with Crippen LogP contribution in [0.1, 0.15) is 29.9 Å². The maximum atomic E-state index is 12.3. The van der Waals surface area contributed by atoms with Gasteiger partial charge in [-0.3, -0.25) is 9.48 Å². The van der Waals surface area contributed by atoms with E-state index in [-0.39, 0.29) is 11.9 Å². The number of nitrogens with zero attached hydrogens (tertiary/aromatic N) is 4. The van der Waals surface area contributed by atoms with Crippen molar-refractivity contribution in [2.45, 2.75) is 39.2 Å². The molecule has 2 aromatic rings. The monoisotopic (exact) mass is 317 g/mol. The highest BCUT2D eigenvalue weighted by molar-refractivity contribution is 5.79.